The van der Waals surface area contributed by atoms with E-state index < -0.39 is 0 Å². The Morgan fingerprint density at radius 2 is 1.97 bits per heavy atom. The second-order valence-corrected chi connectivity index (χ2v) is 7.84. The summed E-state index contributed by atoms with van der Waals surface area (Å²) in [5, 5.41) is 12.9. The number of aromatic nitrogens is 4. The molecule has 162 valence electrons. The third kappa shape index (κ3) is 4.82. The molecule has 7 heteroatoms. The zero-order chi connectivity index (χ0) is 21.6. The highest BCUT2D eigenvalue weighted by Gasteiger charge is 2.24. The molecular formula is C24H28FN5O. The molecule has 1 aliphatic rings. The van der Waals surface area contributed by atoms with Gasteiger partial charge in [0.1, 0.15) is 11.6 Å². The molecule has 4 rings (SSSR count). The van der Waals surface area contributed by atoms with Gasteiger partial charge in [-0.15, -0.1) is 0 Å². The number of nitrogens with zero attached hydrogens (tertiary/aromatic N) is 4. The number of rotatable bonds is 9. The standard InChI is InChI=1S/C24H28FN5O/c1-2-3-4-5-12-26-24-27-13-10-20(28-24)23-22(18-6-8-19(25)9-7-18)29-21-15-17(16-31)11-14-30(21)23/h6-11,13-14,17,31H,2-5,12,15-16H2,1H3,(H,26,27,28). The molecule has 1 atom stereocenters. The van der Waals surface area contributed by atoms with Crippen LogP contribution >= 0.6 is 0 Å². The number of halogens is 1. The number of unbranched alkanes of at least 4 members (excludes halogenated alkanes) is 3. The van der Waals surface area contributed by atoms with Crippen molar-refractivity contribution in [3.05, 3.63) is 54.2 Å². The summed E-state index contributed by atoms with van der Waals surface area (Å²) in [6, 6.07) is 8.20. The Labute approximate surface area is 181 Å². The van der Waals surface area contributed by atoms with Crippen LogP contribution in [0.2, 0.25) is 0 Å². The van der Waals surface area contributed by atoms with E-state index in [9.17, 15) is 9.50 Å². The zero-order valence-electron chi connectivity index (χ0n) is 17.8. The molecule has 0 saturated carbocycles. The van der Waals surface area contributed by atoms with Crippen molar-refractivity contribution >= 4 is 12.1 Å². The number of imidazole rings is 1. The molecule has 2 N–H and O–H groups in total. The van der Waals surface area contributed by atoms with Gasteiger partial charge < -0.3 is 15.0 Å². The van der Waals surface area contributed by atoms with Crippen LogP contribution in [0, 0.1) is 11.7 Å². The van der Waals surface area contributed by atoms with E-state index in [4.69, 9.17) is 9.97 Å². The van der Waals surface area contributed by atoms with Gasteiger partial charge in [-0.3, -0.25) is 0 Å². The molecule has 0 fully saturated rings. The Kier molecular flexibility index (Phi) is 6.72. The number of aliphatic hydroxyl groups excluding tert-OH is 1. The van der Waals surface area contributed by atoms with Crippen LogP contribution in [0.3, 0.4) is 0 Å². The lowest BCUT2D eigenvalue weighted by Crippen LogP contribution is -2.15. The van der Waals surface area contributed by atoms with Crippen molar-refractivity contribution in [2.75, 3.05) is 18.5 Å². The molecule has 6 nitrogen and oxygen atoms in total. The van der Waals surface area contributed by atoms with E-state index in [-0.39, 0.29) is 18.3 Å². The van der Waals surface area contributed by atoms with Gasteiger partial charge in [0, 0.05) is 43.5 Å². The number of fused-ring (bicyclic) bond motifs is 1. The Morgan fingerprint density at radius 3 is 2.74 bits per heavy atom. The van der Waals surface area contributed by atoms with Crippen LogP contribution in [0.25, 0.3) is 28.8 Å². The maximum atomic E-state index is 13.5. The maximum Gasteiger partial charge on any atom is 0.223 e. The number of hydrogen-bond acceptors (Lipinski definition) is 5. The fourth-order valence-corrected chi connectivity index (χ4v) is 3.80. The van der Waals surface area contributed by atoms with Crippen molar-refractivity contribution in [2.45, 2.75) is 39.0 Å². The second kappa shape index (κ2) is 9.83. The fourth-order valence-electron chi connectivity index (χ4n) is 3.80. The average molecular weight is 422 g/mol. The Balaban J connectivity index is 1.69. The number of benzene rings is 1. The largest absolute Gasteiger partial charge is 0.396 e. The summed E-state index contributed by atoms with van der Waals surface area (Å²) < 4.78 is 15.5. The van der Waals surface area contributed by atoms with Crippen LogP contribution in [0.5, 0.6) is 0 Å². The van der Waals surface area contributed by atoms with Crippen molar-refractivity contribution in [1.82, 2.24) is 19.5 Å². The number of hydrogen-bond donors (Lipinski definition) is 2. The molecule has 0 radical (unpaired) electrons. The van der Waals surface area contributed by atoms with Crippen molar-refractivity contribution in [3.8, 4) is 22.6 Å². The molecule has 0 aliphatic carbocycles. The summed E-state index contributed by atoms with van der Waals surface area (Å²) in [7, 11) is 0. The summed E-state index contributed by atoms with van der Waals surface area (Å²) in [5.74, 6) is 1.19. The molecule has 3 aromatic rings. The van der Waals surface area contributed by atoms with Crippen LogP contribution in [0.1, 0.15) is 38.4 Å². The Bertz CT molecular complexity index is 1040. The number of anilines is 1. The first-order chi connectivity index (χ1) is 15.2. The molecule has 0 amide bonds. The Morgan fingerprint density at radius 1 is 1.13 bits per heavy atom. The van der Waals surface area contributed by atoms with Crippen molar-refractivity contribution in [3.63, 3.8) is 0 Å². The molecule has 3 heterocycles. The van der Waals surface area contributed by atoms with Crippen molar-refractivity contribution < 1.29 is 9.50 Å². The Hall–Kier alpha value is -3.06. The topological polar surface area (TPSA) is 75.9 Å². The predicted octanol–water partition coefficient (Wildman–Crippen LogP) is 4.77. The first kappa shape index (κ1) is 21.2. The van der Waals surface area contributed by atoms with E-state index in [1.807, 2.05) is 22.9 Å². The van der Waals surface area contributed by atoms with Crippen molar-refractivity contribution in [2.24, 2.45) is 5.92 Å². The first-order valence-corrected chi connectivity index (χ1v) is 10.9. The highest BCUT2D eigenvalue weighted by molar-refractivity contribution is 5.79. The van der Waals surface area contributed by atoms with Crippen LogP contribution in [-0.4, -0.2) is 37.8 Å². The highest BCUT2D eigenvalue weighted by atomic mass is 19.1. The molecular weight excluding hydrogens is 393 g/mol. The van der Waals surface area contributed by atoms with Gasteiger partial charge in [0.2, 0.25) is 5.95 Å². The molecule has 0 bridgehead atoms. The third-order valence-electron chi connectivity index (χ3n) is 5.50. The monoisotopic (exact) mass is 421 g/mol. The first-order valence-electron chi connectivity index (χ1n) is 10.9. The van der Waals surface area contributed by atoms with E-state index in [1.165, 1.54) is 31.4 Å². The highest BCUT2D eigenvalue weighted by Crippen LogP contribution is 2.35. The molecule has 0 saturated heterocycles. The molecule has 2 aromatic heterocycles. The molecule has 31 heavy (non-hydrogen) atoms. The SMILES string of the molecule is CCCCCCNc1nccc(-c2c(-c3ccc(F)cc3)nc3n2C=CC(CO)C3)n1. The maximum absolute atomic E-state index is 13.5. The van der Waals surface area contributed by atoms with Gasteiger partial charge in [0.05, 0.1) is 17.1 Å². The summed E-state index contributed by atoms with van der Waals surface area (Å²) in [6.45, 7) is 3.10. The van der Waals surface area contributed by atoms with Crippen LogP contribution in [0.15, 0.2) is 42.6 Å². The molecule has 1 aromatic carbocycles. The fraction of sp³-hybridized carbons (Fsp3) is 0.375. The lowest BCUT2D eigenvalue weighted by molar-refractivity contribution is 0.249. The van der Waals surface area contributed by atoms with E-state index in [2.05, 4.69) is 17.2 Å². The normalized spacial score (nSPS) is 15.1. The minimum atomic E-state index is -0.286. The second-order valence-electron chi connectivity index (χ2n) is 7.84. The van der Waals surface area contributed by atoms with Gasteiger partial charge in [-0.05, 0) is 36.8 Å². The van der Waals surface area contributed by atoms with E-state index >= 15 is 0 Å². The molecule has 1 unspecified atom stereocenters. The predicted molar refractivity (Wildman–Crippen MR) is 121 cm³/mol. The smallest absolute Gasteiger partial charge is 0.223 e. The summed E-state index contributed by atoms with van der Waals surface area (Å²) in [5.41, 5.74) is 3.15. The minimum absolute atomic E-state index is 0.0366. The summed E-state index contributed by atoms with van der Waals surface area (Å²) >= 11 is 0. The van der Waals surface area contributed by atoms with E-state index in [0.29, 0.717) is 12.4 Å². The van der Waals surface area contributed by atoms with Gasteiger partial charge in [-0.1, -0.05) is 32.3 Å². The van der Waals surface area contributed by atoms with E-state index in [1.54, 1.807) is 18.3 Å². The van der Waals surface area contributed by atoms with Crippen LogP contribution in [-0.2, 0) is 6.42 Å². The molecule has 1 aliphatic heterocycles. The zero-order valence-corrected chi connectivity index (χ0v) is 17.8. The summed E-state index contributed by atoms with van der Waals surface area (Å²) in [6.07, 6.45) is 11.0. The van der Waals surface area contributed by atoms with Crippen LogP contribution in [0.4, 0.5) is 10.3 Å². The minimum Gasteiger partial charge on any atom is -0.396 e. The summed E-state index contributed by atoms with van der Waals surface area (Å²) in [4.78, 5) is 14.0. The quantitative estimate of drug-likeness (QED) is 0.487. The third-order valence-corrected chi connectivity index (χ3v) is 5.50. The van der Waals surface area contributed by atoms with Gasteiger partial charge in [-0.2, -0.15) is 0 Å². The molecule has 0 spiro atoms. The lowest BCUT2D eigenvalue weighted by atomic mass is 10.0. The van der Waals surface area contributed by atoms with Gasteiger partial charge >= 0.3 is 0 Å². The van der Waals surface area contributed by atoms with E-state index in [0.717, 1.165) is 41.4 Å². The number of aliphatic hydroxyl groups is 1. The van der Waals surface area contributed by atoms with Gasteiger partial charge in [0.15, 0.2) is 0 Å². The van der Waals surface area contributed by atoms with Crippen molar-refractivity contribution in [1.29, 1.82) is 0 Å². The average Bonchev–Trinajstić information content (AvgIpc) is 3.18. The van der Waals surface area contributed by atoms with Gasteiger partial charge in [-0.25, -0.2) is 19.3 Å². The van der Waals surface area contributed by atoms with Gasteiger partial charge in [0.25, 0.3) is 0 Å². The van der Waals surface area contributed by atoms with Crippen LogP contribution < -0.4 is 5.32 Å². The lowest BCUT2D eigenvalue weighted by Gasteiger charge is -2.16. The number of nitrogens with one attached hydrogen (secondary N) is 1.